The van der Waals surface area contributed by atoms with Crippen LogP contribution in [0.15, 0.2) is 66.5 Å². The summed E-state index contributed by atoms with van der Waals surface area (Å²) < 4.78 is 7.55. The Bertz CT molecular complexity index is 1840. The van der Waals surface area contributed by atoms with Crippen LogP contribution in [-0.2, 0) is 35.3 Å². The Morgan fingerprint density at radius 2 is 1.36 bits per heavy atom. The molecule has 22 nitrogen and oxygen atoms in total. The van der Waals surface area contributed by atoms with Gasteiger partial charge in [0.1, 0.15) is 29.9 Å². The van der Waals surface area contributed by atoms with Crippen molar-refractivity contribution >= 4 is 96.5 Å². The number of Topliss-reactive ketones (excluding diaryl/α,β-unsaturated/α-hetero) is 1. The minimum absolute atomic E-state index is 0.00520. The molecule has 1 aliphatic heterocycles. The van der Waals surface area contributed by atoms with E-state index in [4.69, 9.17) is 21.4 Å². The zero-order chi connectivity index (χ0) is 54.9. The summed E-state index contributed by atoms with van der Waals surface area (Å²) in [6.07, 6.45) is 7.51. The van der Waals surface area contributed by atoms with Gasteiger partial charge in [-0.3, -0.25) is 29.6 Å². The fourth-order valence-electron chi connectivity index (χ4n) is 7.42. The molecule has 1 saturated heterocycles. The molecule has 25 heteroatoms. The third-order valence-electron chi connectivity index (χ3n) is 11.5. The van der Waals surface area contributed by atoms with E-state index >= 15 is 0 Å². The fraction of sp³-hybridized carbons (Fsp3) is 0.592. The SMILES string of the molecule is CCN1CCN(CC=O)CCN(CC(C)=O)CCN(CC=O)CC1.CO.N/C(=C\N(N)CC(NC(=O)CN([CH2][Pb])[CH2][Pb])C(=O)NCCCCCCNC=O)COc1ccc(C(NCc2ccccc2)P(O)O)cc1. The summed E-state index contributed by atoms with van der Waals surface area (Å²) in [5, 5.41) is 19.8. The van der Waals surface area contributed by atoms with Gasteiger partial charge in [0.05, 0.1) is 19.6 Å². The number of hydrazine groups is 1. The number of ether oxygens (including phenoxy) is 1. The molecular formula is C49H83N12O10PPb2. The van der Waals surface area contributed by atoms with Crippen LogP contribution in [0, 0.1) is 0 Å². The van der Waals surface area contributed by atoms with E-state index in [0.717, 1.165) is 170 Å². The van der Waals surface area contributed by atoms with E-state index in [9.17, 15) is 38.6 Å². The number of nitrogens with one attached hydrogen (secondary N) is 4. The van der Waals surface area contributed by atoms with Gasteiger partial charge in [-0.05, 0) is 43.1 Å². The number of likely N-dealkylation sites (N-methyl/N-ethyl adjacent to an activating group) is 1. The summed E-state index contributed by atoms with van der Waals surface area (Å²) in [5.41, 5.74) is 8.21. The van der Waals surface area contributed by atoms with Gasteiger partial charge in [0.15, 0.2) is 8.38 Å². The second kappa shape index (κ2) is 43.9. The van der Waals surface area contributed by atoms with E-state index in [1.807, 2.05) is 30.3 Å². The van der Waals surface area contributed by atoms with Crippen molar-refractivity contribution in [2.75, 3.05) is 127 Å². The van der Waals surface area contributed by atoms with Crippen LogP contribution in [0.5, 0.6) is 5.75 Å². The number of aldehydes is 2. The van der Waals surface area contributed by atoms with Gasteiger partial charge in [0, 0.05) is 72.6 Å². The van der Waals surface area contributed by atoms with Crippen molar-refractivity contribution < 1.29 is 48.4 Å². The first-order valence-electron chi connectivity index (χ1n) is 24.9. The number of rotatable bonds is 32. The third kappa shape index (κ3) is 32.5. The van der Waals surface area contributed by atoms with Gasteiger partial charge in [0.25, 0.3) is 0 Å². The second-order valence-corrected chi connectivity index (χ2v) is 20.9. The van der Waals surface area contributed by atoms with Crippen molar-refractivity contribution in [1.29, 1.82) is 0 Å². The number of hydrogen-bond acceptors (Lipinski definition) is 19. The zero-order valence-corrected chi connectivity index (χ0v) is 52.3. The van der Waals surface area contributed by atoms with Crippen LogP contribution >= 0.6 is 8.38 Å². The number of amides is 3. The molecule has 74 heavy (non-hydrogen) atoms. The molecule has 0 aliphatic carbocycles. The summed E-state index contributed by atoms with van der Waals surface area (Å²) in [6.45, 7) is 14.3. The van der Waals surface area contributed by atoms with Crippen LogP contribution in [0.25, 0.3) is 0 Å². The summed E-state index contributed by atoms with van der Waals surface area (Å²) in [7, 11) is -1.27. The molecule has 3 amide bonds. The quantitative estimate of drug-likeness (QED) is 0.00997. The Labute approximate surface area is 471 Å². The van der Waals surface area contributed by atoms with Gasteiger partial charge in [-0.15, -0.1) is 0 Å². The van der Waals surface area contributed by atoms with Crippen LogP contribution in [0.3, 0.4) is 0 Å². The summed E-state index contributed by atoms with van der Waals surface area (Å²) in [5.74, 6) is 5.66. The number of aliphatic hydroxyl groups excluding tert-OH is 1. The monoisotopic (exact) mass is 1450 g/mol. The number of nitrogens with zero attached hydrogens (tertiary/aromatic N) is 6. The van der Waals surface area contributed by atoms with Gasteiger partial charge in [-0.2, -0.15) is 0 Å². The van der Waals surface area contributed by atoms with Crippen LogP contribution < -0.4 is 37.6 Å². The predicted octanol–water partition coefficient (Wildman–Crippen LogP) is -1.59. The number of carbonyl (C=O) groups excluding carboxylic acids is 6. The van der Waals surface area contributed by atoms with Gasteiger partial charge in [-0.1, -0.05) is 49.4 Å². The Morgan fingerprint density at radius 1 is 0.811 bits per heavy atom. The predicted molar refractivity (Wildman–Crippen MR) is 290 cm³/mol. The third-order valence-corrected chi connectivity index (χ3v) is 15.9. The minimum atomic E-state index is -2.27. The first-order chi connectivity index (χ1) is 35.7. The number of aliphatic hydroxyl groups is 1. The summed E-state index contributed by atoms with van der Waals surface area (Å²) in [4.78, 5) is 100. The Hall–Kier alpha value is -3.13. The Balaban J connectivity index is 0.000000880. The summed E-state index contributed by atoms with van der Waals surface area (Å²) >= 11 is 1.90. The van der Waals surface area contributed by atoms with E-state index in [1.54, 1.807) is 31.2 Å². The van der Waals surface area contributed by atoms with E-state index in [-0.39, 0.29) is 37.3 Å². The molecule has 412 valence electrons. The Kier molecular flexibility index (Phi) is 40.9. The number of ketones is 1. The molecule has 2 aromatic carbocycles. The van der Waals surface area contributed by atoms with E-state index < -0.39 is 20.2 Å². The fourth-order valence-corrected chi connectivity index (χ4v) is 13.2. The van der Waals surface area contributed by atoms with E-state index in [0.29, 0.717) is 62.7 Å². The van der Waals surface area contributed by atoms with E-state index in [1.165, 1.54) is 11.2 Å². The van der Waals surface area contributed by atoms with Crippen molar-refractivity contribution in [3.05, 3.63) is 77.6 Å². The number of nitrogens with two attached hydrogens (primary N) is 2. The number of carbonyl (C=O) groups is 6. The average Bonchev–Trinajstić information content (AvgIpc) is 3.39. The maximum absolute atomic E-state index is 13.1. The molecule has 11 N–H and O–H groups in total. The van der Waals surface area contributed by atoms with Crippen molar-refractivity contribution in [2.45, 2.75) is 57.9 Å². The molecule has 1 aliphatic rings. The average molecular weight is 1450 g/mol. The molecule has 1 fully saturated rings. The molecule has 1 heterocycles. The van der Waals surface area contributed by atoms with Gasteiger partial charge in [-0.25, -0.2) is 0 Å². The molecule has 2 aromatic rings. The van der Waals surface area contributed by atoms with Gasteiger partial charge >= 0.3 is 181 Å². The molecule has 0 aromatic heterocycles. The van der Waals surface area contributed by atoms with Crippen molar-refractivity contribution in [2.24, 2.45) is 11.6 Å². The number of unbranched alkanes of at least 4 members (excludes halogenated alkanes) is 3. The van der Waals surface area contributed by atoms with Crippen LogP contribution in [0.4, 0.5) is 0 Å². The Morgan fingerprint density at radius 3 is 1.88 bits per heavy atom. The smallest absolute Gasteiger partial charge is 0.349 e. The normalized spacial score (nSPS) is 15.1. The first-order valence-corrected chi connectivity index (χ1v) is 31.7. The van der Waals surface area contributed by atoms with Crippen molar-refractivity contribution in [3.8, 4) is 5.75 Å². The van der Waals surface area contributed by atoms with Crippen LogP contribution in [-0.4, -0.2) is 265 Å². The number of hydrogen-bond donors (Lipinski definition) is 9. The van der Waals surface area contributed by atoms with Gasteiger partial charge in [0.2, 0.25) is 6.41 Å². The zero-order valence-electron chi connectivity index (χ0n) is 43.6. The second-order valence-electron chi connectivity index (χ2n) is 17.2. The molecular weight excluding hydrogens is 1360 g/mol. The molecule has 3 rings (SSSR count). The van der Waals surface area contributed by atoms with Crippen molar-refractivity contribution in [3.63, 3.8) is 0 Å². The standard InChI is InChI=1S/C31H47N8O6P.C17H32N4O3.CH4O.2Pb/c1-38(2)21-29(41)37-28(30(42)35-17-9-4-3-8-16-34-23-40)20-39(33)19-26(32)22-45-27-14-12-25(13-15-27)31(46(43)44)36-18-24-10-6-5-7-11-24;1-3-18-4-6-19(12-14-22)8-10-21(16-17(2)24)11-9-20(7-5-18)13-15-23;1-2;;/h5-7,10-15,19,23,28,31,36,43-44H,1-4,8-9,16-18,20-22,32-33H2,(H,34,40)(H,35,42)(H,37,41);14-15H,3-13,16H2,1-2H3;2H,1H3;;/b26-19-;;;;. The minimum Gasteiger partial charge on any atom is -0.349 e. The van der Waals surface area contributed by atoms with Crippen molar-refractivity contribution in [1.82, 2.24) is 50.8 Å². The molecule has 0 bridgehead atoms. The molecule has 2 unspecified atom stereocenters. The molecule has 0 spiro atoms. The molecule has 0 saturated carbocycles. The first kappa shape index (κ1) is 68.9. The van der Waals surface area contributed by atoms with Crippen LogP contribution in [0.2, 0.25) is 0 Å². The topological polar surface area (TPSA) is 292 Å². The van der Waals surface area contributed by atoms with Gasteiger partial charge < -0.3 is 34.7 Å². The van der Waals surface area contributed by atoms with E-state index in [2.05, 4.69) is 52.7 Å². The number of benzene rings is 2. The molecule has 2 atom stereocenters. The molecule has 6 radical (unpaired) electrons. The van der Waals surface area contributed by atoms with Crippen LogP contribution in [0.1, 0.15) is 56.4 Å². The maximum atomic E-state index is 13.1. The summed E-state index contributed by atoms with van der Waals surface area (Å²) in [6, 6.07) is 15.8.